The molecule has 0 aromatic rings. The third-order valence-corrected chi connectivity index (χ3v) is 4.66. The first-order valence-corrected chi connectivity index (χ1v) is 8.63. The molecule has 1 fully saturated rings. The fourth-order valence-electron chi connectivity index (χ4n) is 3.16. The quantitative estimate of drug-likeness (QED) is 0.145. The van der Waals surface area contributed by atoms with Gasteiger partial charge in [0.2, 0.25) is 0 Å². The number of aliphatic hydroxyl groups is 5. The van der Waals surface area contributed by atoms with Gasteiger partial charge in [0.1, 0.15) is 6.10 Å². The lowest BCUT2D eigenvalue weighted by atomic mass is 9.79. The van der Waals surface area contributed by atoms with E-state index in [4.69, 9.17) is 20.1 Å². The summed E-state index contributed by atoms with van der Waals surface area (Å²) in [5, 5.41) is 75.5. The zero-order valence-electron chi connectivity index (χ0n) is 15.3. The van der Waals surface area contributed by atoms with E-state index in [0.717, 1.165) is 0 Å². The number of aliphatic hydroxyl groups excluding tert-OH is 5. The van der Waals surface area contributed by atoms with Crippen molar-refractivity contribution in [1.29, 1.82) is 0 Å². The van der Waals surface area contributed by atoms with Crippen LogP contribution in [-0.2, 0) is 14.3 Å². The van der Waals surface area contributed by atoms with Gasteiger partial charge in [-0.25, -0.2) is 0 Å². The minimum Gasteiger partial charge on any atom is -0.480 e. The summed E-state index contributed by atoms with van der Waals surface area (Å²) >= 11 is 0. The summed E-state index contributed by atoms with van der Waals surface area (Å²) in [6.45, 7) is -1.86. The maximum atomic E-state index is 10.8. The molecule has 0 radical (unpaired) electrons. The van der Waals surface area contributed by atoms with Gasteiger partial charge in [-0.1, -0.05) is 0 Å². The molecular formula is C15H29N3O10. The molecule has 1 rings (SSSR count). The van der Waals surface area contributed by atoms with Gasteiger partial charge in [0.15, 0.2) is 0 Å². The molecule has 0 aliphatic heterocycles. The molecule has 28 heavy (non-hydrogen) atoms. The molecule has 13 nitrogen and oxygen atoms in total. The summed E-state index contributed by atoms with van der Waals surface area (Å²) in [7, 11) is 1.29. The second-order valence-corrected chi connectivity index (χ2v) is 6.53. The van der Waals surface area contributed by atoms with Crippen LogP contribution in [0.3, 0.4) is 0 Å². The van der Waals surface area contributed by atoms with Gasteiger partial charge >= 0.3 is 11.9 Å². The molecule has 0 amide bonds. The molecule has 6 atom stereocenters. The van der Waals surface area contributed by atoms with E-state index in [1.165, 1.54) is 7.11 Å². The van der Waals surface area contributed by atoms with Gasteiger partial charge in [-0.2, -0.15) is 0 Å². The van der Waals surface area contributed by atoms with Crippen LogP contribution >= 0.6 is 0 Å². The third kappa shape index (κ3) is 6.58. The molecule has 6 unspecified atom stereocenters. The van der Waals surface area contributed by atoms with Crippen molar-refractivity contribution >= 4 is 11.9 Å². The van der Waals surface area contributed by atoms with Crippen molar-refractivity contribution in [2.24, 2.45) is 0 Å². The Bertz CT molecular complexity index is 478. The van der Waals surface area contributed by atoms with E-state index in [0.29, 0.717) is 0 Å². The lowest BCUT2D eigenvalue weighted by molar-refractivity contribution is -0.138. The number of hydrogen-bond acceptors (Lipinski definition) is 11. The minimum atomic E-state index is -1.50. The predicted molar refractivity (Wildman–Crippen MR) is 92.6 cm³/mol. The number of carboxylic acid groups (broad SMARTS) is 2. The Hall–Kier alpha value is -1.42. The Balaban J connectivity index is 2.96. The summed E-state index contributed by atoms with van der Waals surface area (Å²) in [5.74, 6) is -2.48. The summed E-state index contributed by atoms with van der Waals surface area (Å²) in [5.41, 5.74) is 0. The second-order valence-electron chi connectivity index (χ2n) is 6.53. The smallest absolute Gasteiger partial charge is 0.317 e. The number of ether oxygens (including phenoxy) is 1. The highest BCUT2D eigenvalue weighted by Crippen LogP contribution is 2.22. The molecule has 1 saturated carbocycles. The summed E-state index contributed by atoms with van der Waals surface area (Å²) in [4.78, 5) is 21.6. The lowest BCUT2D eigenvalue weighted by Gasteiger charge is -2.47. The van der Waals surface area contributed by atoms with Crippen LogP contribution in [0, 0.1) is 0 Å². The van der Waals surface area contributed by atoms with Crippen LogP contribution in [-0.4, -0.2) is 130 Å². The van der Waals surface area contributed by atoms with E-state index in [1.807, 2.05) is 0 Å². The molecule has 1 aliphatic carbocycles. The van der Waals surface area contributed by atoms with Crippen molar-refractivity contribution < 1.29 is 50.1 Å². The van der Waals surface area contributed by atoms with Crippen LogP contribution in [0.5, 0.6) is 0 Å². The molecule has 0 bridgehead atoms. The molecule has 0 aromatic heterocycles. The molecule has 0 heterocycles. The SMILES string of the molecule is COC(CNC1C(O)C(NCC(=O)O)C(O)C(NCC(=O)O)C1O)C(O)CO. The van der Waals surface area contributed by atoms with E-state index in [2.05, 4.69) is 16.0 Å². The van der Waals surface area contributed by atoms with Crippen LogP contribution in [0.2, 0.25) is 0 Å². The van der Waals surface area contributed by atoms with Crippen molar-refractivity contribution in [3.63, 3.8) is 0 Å². The number of aliphatic carboxylic acids is 2. The Morgan fingerprint density at radius 2 is 1.29 bits per heavy atom. The van der Waals surface area contributed by atoms with Crippen LogP contribution in [0.25, 0.3) is 0 Å². The largest absolute Gasteiger partial charge is 0.480 e. The highest BCUT2D eigenvalue weighted by atomic mass is 16.5. The van der Waals surface area contributed by atoms with Gasteiger partial charge in [0.05, 0.1) is 62.2 Å². The number of nitrogens with one attached hydrogen (secondary N) is 3. The molecule has 164 valence electrons. The standard InChI is InChI=1S/C15H29N3O10/c1-28-7(6(20)5-19)2-16-10-13(25)11(17-3-8(21)22)15(27)12(14(10)26)18-4-9(23)24/h6-7,10-20,25-27H,2-5H2,1H3,(H,21,22)(H,23,24). The second kappa shape index (κ2) is 11.5. The van der Waals surface area contributed by atoms with Gasteiger partial charge in [-0.3, -0.25) is 20.2 Å². The number of methoxy groups -OCH3 is 1. The Labute approximate surface area is 160 Å². The average molecular weight is 411 g/mol. The minimum absolute atomic E-state index is 0.107. The molecule has 0 spiro atoms. The first kappa shape index (κ1) is 24.6. The van der Waals surface area contributed by atoms with Gasteiger partial charge in [-0.15, -0.1) is 0 Å². The summed E-state index contributed by atoms with van der Waals surface area (Å²) < 4.78 is 5.03. The van der Waals surface area contributed by atoms with Crippen LogP contribution in [0.1, 0.15) is 0 Å². The first-order chi connectivity index (χ1) is 13.1. The van der Waals surface area contributed by atoms with Crippen molar-refractivity contribution in [3.8, 4) is 0 Å². The van der Waals surface area contributed by atoms with Crippen molar-refractivity contribution in [2.75, 3.05) is 33.4 Å². The van der Waals surface area contributed by atoms with E-state index >= 15 is 0 Å². The first-order valence-electron chi connectivity index (χ1n) is 8.63. The zero-order chi connectivity index (χ0) is 21.4. The Morgan fingerprint density at radius 1 is 0.893 bits per heavy atom. The van der Waals surface area contributed by atoms with Crippen molar-refractivity contribution in [3.05, 3.63) is 0 Å². The van der Waals surface area contributed by atoms with E-state index in [1.54, 1.807) is 0 Å². The normalized spacial score (nSPS) is 32.6. The zero-order valence-corrected chi connectivity index (χ0v) is 15.3. The fraction of sp³-hybridized carbons (Fsp3) is 0.867. The topological polar surface area (TPSA) is 221 Å². The van der Waals surface area contributed by atoms with E-state index in [9.17, 15) is 30.0 Å². The van der Waals surface area contributed by atoms with Crippen LogP contribution in [0.4, 0.5) is 0 Å². The molecule has 1 aliphatic rings. The van der Waals surface area contributed by atoms with Crippen molar-refractivity contribution in [2.45, 2.75) is 48.6 Å². The van der Waals surface area contributed by atoms with Gasteiger partial charge < -0.3 is 45.8 Å². The van der Waals surface area contributed by atoms with E-state index in [-0.39, 0.29) is 6.54 Å². The molecule has 0 saturated heterocycles. The van der Waals surface area contributed by atoms with Gasteiger partial charge in [0.25, 0.3) is 0 Å². The fourth-order valence-corrected chi connectivity index (χ4v) is 3.16. The number of carboxylic acids is 2. The Kier molecular flexibility index (Phi) is 10.2. The maximum absolute atomic E-state index is 10.8. The Morgan fingerprint density at radius 3 is 1.61 bits per heavy atom. The van der Waals surface area contributed by atoms with E-state index < -0.39 is 80.3 Å². The molecule has 13 heteroatoms. The van der Waals surface area contributed by atoms with Gasteiger partial charge in [0, 0.05) is 13.7 Å². The van der Waals surface area contributed by atoms with Crippen LogP contribution in [0.15, 0.2) is 0 Å². The predicted octanol–water partition coefficient (Wildman–Crippen LogP) is -5.51. The number of hydrogen-bond donors (Lipinski definition) is 10. The van der Waals surface area contributed by atoms with Gasteiger partial charge in [-0.05, 0) is 0 Å². The summed E-state index contributed by atoms with van der Waals surface area (Å²) in [6, 6.07) is -3.54. The van der Waals surface area contributed by atoms with Crippen LogP contribution < -0.4 is 16.0 Å². The number of carbonyl (C=O) groups is 2. The third-order valence-electron chi connectivity index (χ3n) is 4.66. The number of rotatable bonds is 12. The average Bonchev–Trinajstić information content (AvgIpc) is 2.63. The molecule has 0 aromatic carbocycles. The lowest BCUT2D eigenvalue weighted by Crippen LogP contribution is -2.74. The van der Waals surface area contributed by atoms with Crippen molar-refractivity contribution in [1.82, 2.24) is 16.0 Å². The molecular weight excluding hydrogens is 382 g/mol. The highest BCUT2D eigenvalue weighted by molar-refractivity contribution is 5.69. The maximum Gasteiger partial charge on any atom is 0.317 e. The monoisotopic (exact) mass is 411 g/mol. The molecule has 10 N–H and O–H groups in total. The highest BCUT2D eigenvalue weighted by Gasteiger charge is 2.49. The summed E-state index contributed by atoms with van der Waals surface area (Å²) in [6.07, 6.45) is -6.54.